The average molecular weight is 271 g/mol. The molecule has 0 aliphatic heterocycles. The van der Waals surface area contributed by atoms with Crippen LogP contribution in [-0.2, 0) is 13.0 Å². The van der Waals surface area contributed by atoms with Crippen molar-refractivity contribution >= 4 is 0 Å². The van der Waals surface area contributed by atoms with Gasteiger partial charge in [-0.15, -0.1) is 0 Å². The molecule has 2 aromatic carbocycles. The van der Waals surface area contributed by atoms with E-state index in [1.54, 1.807) is 19.2 Å². The Bertz CT molecular complexity index is 612. The maximum atomic E-state index is 13.2. The number of methoxy groups -OCH3 is 1. The van der Waals surface area contributed by atoms with Gasteiger partial charge in [0, 0.05) is 12.6 Å². The van der Waals surface area contributed by atoms with Crippen LogP contribution < -0.4 is 10.1 Å². The van der Waals surface area contributed by atoms with Gasteiger partial charge >= 0.3 is 0 Å². The van der Waals surface area contributed by atoms with Crippen LogP contribution in [0.3, 0.4) is 0 Å². The molecule has 1 aliphatic rings. The van der Waals surface area contributed by atoms with Gasteiger partial charge in [0.1, 0.15) is 11.6 Å². The fraction of sp³-hybridized carbons (Fsp3) is 0.294. The summed E-state index contributed by atoms with van der Waals surface area (Å²) < 4.78 is 18.4. The highest BCUT2D eigenvalue weighted by Crippen LogP contribution is 2.31. The van der Waals surface area contributed by atoms with Crippen molar-refractivity contribution < 1.29 is 9.13 Å². The minimum absolute atomic E-state index is 0.141. The Morgan fingerprint density at radius 1 is 1.25 bits per heavy atom. The molecule has 0 heterocycles. The monoisotopic (exact) mass is 271 g/mol. The summed E-state index contributed by atoms with van der Waals surface area (Å²) in [6, 6.07) is 13.5. The van der Waals surface area contributed by atoms with Gasteiger partial charge in [0.25, 0.3) is 0 Å². The highest BCUT2D eigenvalue weighted by Gasteiger charge is 2.22. The van der Waals surface area contributed by atoms with Crippen molar-refractivity contribution in [2.45, 2.75) is 25.4 Å². The first-order chi connectivity index (χ1) is 9.76. The Morgan fingerprint density at radius 2 is 2.15 bits per heavy atom. The molecular formula is C17H18FNO. The quantitative estimate of drug-likeness (QED) is 0.917. The van der Waals surface area contributed by atoms with Crippen LogP contribution in [0, 0.1) is 5.82 Å². The highest BCUT2D eigenvalue weighted by atomic mass is 19.1. The first kappa shape index (κ1) is 13.1. The maximum Gasteiger partial charge on any atom is 0.123 e. The number of rotatable bonds is 4. The second kappa shape index (κ2) is 5.63. The summed E-state index contributed by atoms with van der Waals surface area (Å²) in [5.41, 5.74) is 3.56. The zero-order valence-corrected chi connectivity index (χ0v) is 11.5. The molecule has 3 rings (SSSR count). The fourth-order valence-electron chi connectivity index (χ4n) is 2.82. The Morgan fingerprint density at radius 3 is 3.00 bits per heavy atom. The Labute approximate surface area is 118 Å². The summed E-state index contributed by atoms with van der Waals surface area (Å²) >= 11 is 0. The lowest BCUT2D eigenvalue weighted by Gasteiger charge is -2.14. The van der Waals surface area contributed by atoms with Crippen molar-refractivity contribution in [1.29, 1.82) is 0 Å². The standard InChI is InChI=1S/C17H18FNO/c1-20-15-4-2-3-12(9-15)11-19-17-8-5-13-10-14(18)6-7-16(13)17/h2-4,6-7,9-10,17,19H,5,8,11H2,1H3. The molecular weight excluding hydrogens is 253 g/mol. The van der Waals surface area contributed by atoms with Crippen LogP contribution >= 0.6 is 0 Å². The van der Waals surface area contributed by atoms with E-state index in [0.717, 1.165) is 30.7 Å². The molecule has 0 saturated carbocycles. The highest BCUT2D eigenvalue weighted by molar-refractivity contribution is 5.35. The number of benzene rings is 2. The molecule has 3 heteroatoms. The molecule has 0 radical (unpaired) electrons. The fourth-order valence-corrected chi connectivity index (χ4v) is 2.82. The lowest BCUT2D eigenvalue weighted by molar-refractivity contribution is 0.413. The Kier molecular flexibility index (Phi) is 3.70. The van der Waals surface area contributed by atoms with E-state index in [1.807, 2.05) is 24.3 Å². The number of hydrogen-bond donors (Lipinski definition) is 1. The van der Waals surface area contributed by atoms with E-state index in [1.165, 1.54) is 11.1 Å². The predicted octanol–water partition coefficient (Wildman–Crippen LogP) is 3.61. The van der Waals surface area contributed by atoms with E-state index in [-0.39, 0.29) is 5.82 Å². The van der Waals surface area contributed by atoms with E-state index in [0.29, 0.717) is 6.04 Å². The molecule has 1 N–H and O–H groups in total. The summed E-state index contributed by atoms with van der Waals surface area (Å²) in [5.74, 6) is 0.732. The zero-order chi connectivity index (χ0) is 13.9. The van der Waals surface area contributed by atoms with Gasteiger partial charge in [-0.2, -0.15) is 0 Å². The lowest BCUT2D eigenvalue weighted by atomic mass is 10.1. The van der Waals surface area contributed by atoms with Gasteiger partial charge in [0.05, 0.1) is 7.11 Å². The van der Waals surface area contributed by atoms with Gasteiger partial charge in [0.2, 0.25) is 0 Å². The normalized spacial score (nSPS) is 17.0. The van der Waals surface area contributed by atoms with Gasteiger partial charge in [-0.3, -0.25) is 0 Å². The molecule has 0 saturated heterocycles. The van der Waals surface area contributed by atoms with Crippen LogP contribution in [0.1, 0.15) is 29.2 Å². The van der Waals surface area contributed by atoms with Crippen molar-refractivity contribution in [2.75, 3.05) is 7.11 Å². The topological polar surface area (TPSA) is 21.3 Å². The first-order valence-corrected chi connectivity index (χ1v) is 6.91. The summed E-state index contributed by atoms with van der Waals surface area (Å²) in [5, 5.41) is 3.55. The van der Waals surface area contributed by atoms with Gasteiger partial charge < -0.3 is 10.1 Å². The van der Waals surface area contributed by atoms with E-state index < -0.39 is 0 Å². The third-order valence-electron chi connectivity index (χ3n) is 3.87. The Balaban J connectivity index is 1.68. The average Bonchev–Trinajstić information content (AvgIpc) is 2.87. The summed E-state index contributed by atoms with van der Waals surface area (Å²) in [4.78, 5) is 0. The minimum atomic E-state index is -0.141. The van der Waals surface area contributed by atoms with E-state index in [9.17, 15) is 4.39 Å². The van der Waals surface area contributed by atoms with E-state index in [4.69, 9.17) is 4.74 Å². The summed E-state index contributed by atoms with van der Waals surface area (Å²) in [6.45, 7) is 0.790. The molecule has 104 valence electrons. The zero-order valence-electron chi connectivity index (χ0n) is 11.5. The summed E-state index contributed by atoms with van der Waals surface area (Å²) in [6.07, 6.45) is 1.98. The molecule has 1 unspecified atom stereocenters. The number of nitrogens with one attached hydrogen (secondary N) is 1. The third-order valence-corrected chi connectivity index (χ3v) is 3.87. The number of halogens is 1. The second-order valence-electron chi connectivity index (χ2n) is 5.17. The van der Waals surface area contributed by atoms with Crippen LogP contribution in [0.25, 0.3) is 0 Å². The number of hydrogen-bond acceptors (Lipinski definition) is 2. The molecule has 0 spiro atoms. The molecule has 2 aromatic rings. The van der Waals surface area contributed by atoms with Gasteiger partial charge in [0.15, 0.2) is 0 Å². The number of aryl methyl sites for hydroxylation is 1. The maximum absolute atomic E-state index is 13.2. The first-order valence-electron chi connectivity index (χ1n) is 6.91. The van der Waals surface area contributed by atoms with E-state index in [2.05, 4.69) is 11.4 Å². The van der Waals surface area contributed by atoms with Crippen molar-refractivity contribution in [1.82, 2.24) is 5.32 Å². The van der Waals surface area contributed by atoms with Crippen molar-refractivity contribution in [3.8, 4) is 5.75 Å². The van der Waals surface area contributed by atoms with Gasteiger partial charge in [-0.25, -0.2) is 4.39 Å². The number of fused-ring (bicyclic) bond motifs is 1. The lowest BCUT2D eigenvalue weighted by Crippen LogP contribution is -2.18. The van der Waals surface area contributed by atoms with Crippen molar-refractivity contribution in [2.24, 2.45) is 0 Å². The molecule has 1 aliphatic carbocycles. The molecule has 0 aromatic heterocycles. The second-order valence-corrected chi connectivity index (χ2v) is 5.17. The molecule has 0 amide bonds. The molecule has 20 heavy (non-hydrogen) atoms. The van der Waals surface area contributed by atoms with Gasteiger partial charge in [-0.05, 0) is 53.8 Å². The SMILES string of the molecule is COc1cccc(CNC2CCc3cc(F)ccc32)c1. The summed E-state index contributed by atoms with van der Waals surface area (Å²) in [7, 11) is 1.67. The van der Waals surface area contributed by atoms with Crippen LogP contribution in [0.2, 0.25) is 0 Å². The van der Waals surface area contributed by atoms with Crippen molar-refractivity contribution in [3.05, 3.63) is 65.0 Å². The van der Waals surface area contributed by atoms with Crippen molar-refractivity contribution in [3.63, 3.8) is 0 Å². The van der Waals surface area contributed by atoms with Crippen LogP contribution in [0.5, 0.6) is 5.75 Å². The molecule has 0 fully saturated rings. The molecule has 1 atom stereocenters. The Hall–Kier alpha value is -1.87. The van der Waals surface area contributed by atoms with Crippen LogP contribution in [0.4, 0.5) is 4.39 Å². The molecule has 0 bridgehead atoms. The van der Waals surface area contributed by atoms with Crippen LogP contribution in [0.15, 0.2) is 42.5 Å². The predicted molar refractivity (Wildman–Crippen MR) is 77.3 cm³/mol. The van der Waals surface area contributed by atoms with E-state index >= 15 is 0 Å². The number of ether oxygens (including phenoxy) is 1. The third kappa shape index (κ3) is 2.68. The largest absolute Gasteiger partial charge is 0.497 e. The smallest absolute Gasteiger partial charge is 0.123 e. The van der Waals surface area contributed by atoms with Gasteiger partial charge in [-0.1, -0.05) is 18.2 Å². The minimum Gasteiger partial charge on any atom is -0.497 e. The van der Waals surface area contributed by atoms with Crippen LogP contribution in [-0.4, -0.2) is 7.11 Å². The molecule has 2 nitrogen and oxygen atoms in total.